The standard InChI is InChI=1S/C26H44O4/c1-2-3-4-5-6-7-8-9-10-11-12-13-17-20-26(28)30-23-25(21-27)29-22-24-18-15-14-16-19-24/h14-16,18-19,25,27H,2-13,17,20-23H2,1H3. The van der Waals surface area contributed by atoms with Gasteiger partial charge in [0.05, 0.1) is 13.2 Å². The summed E-state index contributed by atoms with van der Waals surface area (Å²) in [6.07, 6.45) is 16.8. The van der Waals surface area contributed by atoms with Crippen molar-refractivity contribution in [2.75, 3.05) is 13.2 Å². The van der Waals surface area contributed by atoms with Crippen LogP contribution >= 0.6 is 0 Å². The largest absolute Gasteiger partial charge is 0.463 e. The highest BCUT2D eigenvalue weighted by Gasteiger charge is 2.12. The maximum absolute atomic E-state index is 11.9. The summed E-state index contributed by atoms with van der Waals surface area (Å²) in [4.78, 5) is 11.9. The van der Waals surface area contributed by atoms with E-state index in [4.69, 9.17) is 9.47 Å². The Morgan fingerprint density at radius 3 is 1.90 bits per heavy atom. The fourth-order valence-corrected chi connectivity index (χ4v) is 3.49. The predicted molar refractivity (Wildman–Crippen MR) is 123 cm³/mol. The van der Waals surface area contributed by atoms with Gasteiger partial charge in [-0.1, -0.05) is 114 Å². The van der Waals surface area contributed by atoms with E-state index in [9.17, 15) is 9.90 Å². The third-order valence-electron chi connectivity index (χ3n) is 5.45. The van der Waals surface area contributed by atoms with Crippen LogP contribution in [0.2, 0.25) is 0 Å². The molecule has 0 aromatic heterocycles. The van der Waals surface area contributed by atoms with Crippen molar-refractivity contribution >= 4 is 5.97 Å². The van der Waals surface area contributed by atoms with Crippen molar-refractivity contribution in [3.8, 4) is 0 Å². The lowest BCUT2D eigenvalue weighted by molar-refractivity contribution is -0.149. The molecule has 0 saturated carbocycles. The molecule has 4 heteroatoms. The Hall–Kier alpha value is -1.39. The molecule has 1 aromatic rings. The lowest BCUT2D eigenvalue weighted by Gasteiger charge is -2.15. The van der Waals surface area contributed by atoms with E-state index in [0.717, 1.165) is 18.4 Å². The Balaban J connectivity index is 1.90. The molecule has 0 fully saturated rings. The first kappa shape index (κ1) is 26.6. The van der Waals surface area contributed by atoms with Crippen molar-refractivity contribution in [3.63, 3.8) is 0 Å². The van der Waals surface area contributed by atoms with Gasteiger partial charge in [0, 0.05) is 6.42 Å². The quantitative estimate of drug-likeness (QED) is 0.191. The van der Waals surface area contributed by atoms with Gasteiger partial charge >= 0.3 is 5.97 Å². The van der Waals surface area contributed by atoms with E-state index in [1.807, 2.05) is 30.3 Å². The van der Waals surface area contributed by atoms with Gasteiger partial charge in [0.25, 0.3) is 0 Å². The van der Waals surface area contributed by atoms with Crippen LogP contribution in [0.4, 0.5) is 0 Å². The van der Waals surface area contributed by atoms with Gasteiger partial charge in [0.2, 0.25) is 0 Å². The number of carbonyl (C=O) groups is 1. The number of ether oxygens (including phenoxy) is 2. The molecule has 4 nitrogen and oxygen atoms in total. The summed E-state index contributed by atoms with van der Waals surface area (Å²) < 4.78 is 10.9. The molecule has 0 saturated heterocycles. The van der Waals surface area contributed by atoms with Gasteiger partial charge in [-0.25, -0.2) is 0 Å². The van der Waals surface area contributed by atoms with Gasteiger partial charge < -0.3 is 14.6 Å². The minimum atomic E-state index is -0.471. The first-order valence-corrected chi connectivity index (χ1v) is 12.2. The molecule has 0 aliphatic carbocycles. The second-order valence-corrected chi connectivity index (χ2v) is 8.28. The van der Waals surface area contributed by atoms with E-state index in [1.165, 1.54) is 70.6 Å². The van der Waals surface area contributed by atoms with Gasteiger partial charge in [-0.15, -0.1) is 0 Å². The number of benzene rings is 1. The van der Waals surface area contributed by atoms with Crippen LogP contribution in [0, 0.1) is 0 Å². The van der Waals surface area contributed by atoms with Gasteiger partial charge in [0.15, 0.2) is 0 Å². The van der Waals surface area contributed by atoms with Crippen molar-refractivity contribution in [1.29, 1.82) is 0 Å². The molecule has 0 radical (unpaired) electrons. The van der Waals surface area contributed by atoms with Crippen LogP contribution in [0.3, 0.4) is 0 Å². The average molecular weight is 421 g/mol. The Morgan fingerprint density at radius 1 is 0.833 bits per heavy atom. The van der Waals surface area contributed by atoms with E-state index >= 15 is 0 Å². The summed E-state index contributed by atoms with van der Waals surface area (Å²) in [5.41, 5.74) is 1.04. The smallest absolute Gasteiger partial charge is 0.305 e. The summed E-state index contributed by atoms with van der Waals surface area (Å²) in [5.74, 6) is -0.195. The Morgan fingerprint density at radius 2 is 1.37 bits per heavy atom. The van der Waals surface area contributed by atoms with Crippen LogP contribution in [-0.4, -0.2) is 30.4 Å². The fourth-order valence-electron chi connectivity index (χ4n) is 3.49. The maximum atomic E-state index is 11.9. The molecule has 0 heterocycles. The van der Waals surface area contributed by atoms with Gasteiger partial charge in [-0.05, 0) is 12.0 Å². The third kappa shape index (κ3) is 15.4. The third-order valence-corrected chi connectivity index (χ3v) is 5.45. The summed E-state index contributed by atoms with van der Waals surface area (Å²) >= 11 is 0. The highest BCUT2D eigenvalue weighted by molar-refractivity contribution is 5.69. The second kappa shape index (κ2) is 19.6. The minimum absolute atomic E-state index is 0.112. The molecule has 1 atom stereocenters. The predicted octanol–water partition coefficient (Wildman–Crippen LogP) is 6.59. The molecule has 0 spiro atoms. The van der Waals surface area contributed by atoms with Crippen molar-refractivity contribution < 1.29 is 19.4 Å². The van der Waals surface area contributed by atoms with E-state index in [-0.39, 0.29) is 19.2 Å². The van der Waals surface area contributed by atoms with E-state index in [0.29, 0.717) is 13.0 Å². The van der Waals surface area contributed by atoms with E-state index < -0.39 is 6.10 Å². The first-order chi connectivity index (χ1) is 14.8. The van der Waals surface area contributed by atoms with E-state index in [1.54, 1.807) is 0 Å². The van der Waals surface area contributed by atoms with Crippen LogP contribution in [-0.2, 0) is 20.9 Å². The molecule has 0 bridgehead atoms. The molecular formula is C26H44O4. The van der Waals surface area contributed by atoms with Gasteiger partial charge in [-0.3, -0.25) is 4.79 Å². The van der Waals surface area contributed by atoms with Crippen molar-refractivity contribution in [3.05, 3.63) is 35.9 Å². The number of rotatable bonds is 20. The highest BCUT2D eigenvalue weighted by atomic mass is 16.6. The second-order valence-electron chi connectivity index (χ2n) is 8.28. The van der Waals surface area contributed by atoms with Crippen molar-refractivity contribution in [2.24, 2.45) is 0 Å². The SMILES string of the molecule is CCCCCCCCCCCCCCCC(=O)OCC(CO)OCc1ccccc1. The highest BCUT2D eigenvalue weighted by Crippen LogP contribution is 2.13. The topological polar surface area (TPSA) is 55.8 Å². The van der Waals surface area contributed by atoms with Crippen LogP contribution in [0.25, 0.3) is 0 Å². The lowest BCUT2D eigenvalue weighted by atomic mass is 10.0. The molecule has 1 rings (SSSR count). The maximum Gasteiger partial charge on any atom is 0.305 e. The van der Waals surface area contributed by atoms with Crippen LogP contribution in [0.15, 0.2) is 30.3 Å². The van der Waals surface area contributed by atoms with Crippen LogP contribution in [0.1, 0.15) is 102 Å². The molecule has 30 heavy (non-hydrogen) atoms. The zero-order valence-electron chi connectivity index (χ0n) is 19.2. The Kier molecular flexibility index (Phi) is 17.4. The molecule has 1 aromatic carbocycles. The molecule has 1 N–H and O–H groups in total. The number of unbranched alkanes of at least 4 members (excludes halogenated alkanes) is 12. The minimum Gasteiger partial charge on any atom is -0.463 e. The normalized spacial score (nSPS) is 12.1. The molecule has 0 aliphatic rings. The monoisotopic (exact) mass is 420 g/mol. The number of aliphatic hydroxyl groups excluding tert-OH is 1. The summed E-state index contributed by atoms with van der Waals surface area (Å²) in [6.45, 7) is 2.63. The molecular weight excluding hydrogens is 376 g/mol. The zero-order chi connectivity index (χ0) is 21.7. The number of esters is 1. The molecule has 0 aliphatic heterocycles. The van der Waals surface area contributed by atoms with Crippen molar-refractivity contribution in [2.45, 2.75) is 110 Å². The number of aliphatic hydroxyl groups is 1. The number of hydrogen-bond acceptors (Lipinski definition) is 4. The molecule has 1 unspecified atom stereocenters. The molecule has 0 amide bonds. The zero-order valence-corrected chi connectivity index (χ0v) is 19.2. The Bertz CT molecular complexity index is 503. The lowest BCUT2D eigenvalue weighted by Crippen LogP contribution is -2.25. The molecule has 172 valence electrons. The number of hydrogen-bond donors (Lipinski definition) is 1. The average Bonchev–Trinajstić information content (AvgIpc) is 2.77. The van der Waals surface area contributed by atoms with Crippen molar-refractivity contribution in [1.82, 2.24) is 0 Å². The summed E-state index contributed by atoms with van der Waals surface area (Å²) in [6, 6.07) is 9.78. The van der Waals surface area contributed by atoms with Gasteiger partial charge in [-0.2, -0.15) is 0 Å². The number of carbonyl (C=O) groups excluding carboxylic acids is 1. The summed E-state index contributed by atoms with van der Waals surface area (Å²) in [5, 5.41) is 9.40. The fraction of sp³-hybridized carbons (Fsp3) is 0.731. The van der Waals surface area contributed by atoms with E-state index in [2.05, 4.69) is 6.92 Å². The van der Waals surface area contributed by atoms with Gasteiger partial charge in [0.1, 0.15) is 12.7 Å². The summed E-state index contributed by atoms with van der Waals surface area (Å²) in [7, 11) is 0. The van der Waals surface area contributed by atoms with Crippen LogP contribution in [0.5, 0.6) is 0 Å². The Labute approximate surface area is 184 Å². The van der Waals surface area contributed by atoms with Crippen LogP contribution < -0.4 is 0 Å². The first-order valence-electron chi connectivity index (χ1n) is 12.2.